The van der Waals surface area contributed by atoms with E-state index >= 15 is 0 Å². The first-order valence-electron chi connectivity index (χ1n) is 12.4. The van der Waals surface area contributed by atoms with Crippen LogP contribution < -0.4 is 14.2 Å². The molecule has 0 bridgehead atoms. The third-order valence-corrected chi connectivity index (χ3v) is 6.87. The van der Waals surface area contributed by atoms with E-state index in [9.17, 15) is 9.18 Å². The summed E-state index contributed by atoms with van der Waals surface area (Å²) in [6, 6.07) is 21.2. The fraction of sp³-hybridized carbons (Fsp3) is 0.267. The van der Waals surface area contributed by atoms with Crippen LogP contribution in [0.15, 0.2) is 83.5 Å². The lowest BCUT2D eigenvalue weighted by Crippen LogP contribution is -2.35. The highest BCUT2D eigenvalue weighted by Gasteiger charge is 2.44. The summed E-state index contributed by atoms with van der Waals surface area (Å²) in [5.74, 6) is 0.632. The molecule has 1 fully saturated rings. The van der Waals surface area contributed by atoms with Gasteiger partial charge in [-0.15, -0.1) is 0 Å². The molecule has 5 rings (SSSR count). The van der Waals surface area contributed by atoms with Crippen molar-refractivity contribution < 1.29 is 23.4 Å². The number of para-hydroxylation sites is 3. The number of carbonyl (C=O) groups excluding carboxylic acids is 1. The molecule has 3 aromatic carbocycles. The molecule has 2 atom stereocenters. The molecule has 7 heteroatoms. The van der Waals surface area contributed by atoms with Crippen LogP contribution in [0.1, 0.15) is 36.4 Å². The maximum Gasteiger partial charge on any atom is 0.281 e. The van der Waals surface area contributed by atoms with Crippen molar-refractivity contribution in [3.8, 4) is 17.2 Å². The van der Waals surface area contributed by atoms with Gasteiger partial charge in [-0.3, -0.25) is 4.79 Å². The van der Waals surface area contributed by atoms with Crippen molar-refractivity contribution in [2.24, 2.45) is 11.0 Å². The molecule has 1 saturated carbocycles. The Balaban J connectivity index is 1.52. The smallest absolute Gasteiger partial charge is 0.281 e. The van der Waals surface area contributed by atoms with E-state index in [1.807, 2.05) is 48.5 Å². The molecule has 0 aromatic heterocycles. The maximum atomic E-state index is 14.1. The predicted octanol–water partition coefficient (Wildman–Crippen LogP) is 6.04. The number of methoxy groups -OCH3 is 2. The van der Waals surface area contributed by atoms with Crippen molar-refractivity contribution in [2.75, 3.05) is 20.8 Å². The number of hydrazone groups is 1. The van der Waals surface area contributed by atoms with E-state index in [0.29, 0.717) is 5.75 Å². The normalized spacial score (nSPS) is 19.8. The van der Waals surface area contributed by atoms with Crippen molar-refractivity contribution in [3.05, 3.63) is 95.3 Å². The predicted molar refractivity (Wildman–Crippen MR) is 140 cm³/mol. The zero-order chi connectivity index (χ0) is 25.8. The lowest BCUT2D eigenvalue weighted by Gasteiger charge is -2.30. The second-order valence-electron chi connectivity index (χ2n) is 9.04. The summed E-state index contributed by atoms with van der Waals surface area (Å²) in [5, 5.41) is 6.37. The van der Waals surface area contributed by atoms with Crippen molar-refractivity contribution in [1.29, 1.82) is 0 Å². The number of fused-ring (bicyclic) bond motifs is 1. The Kier molecular flexibility index (Phi) is 7.21. The van der Waals surface area contributed by atoms with Gasteiger partial charge in [0, 0.05) is 17.0 Å². The monoisotopic (exact) mass is 500 g/mol. The van der Waals surface area contributed by atoms with E-state index < -0.39 is 5.82 Å². The molecule has 0 N–H and O–H groups in total. The molecular formula is C30H29FN2O4. The number of hydrogen-bond donors (Lipinski definition) is 0. The zero-order valence-corrected chi connectivity index (χ0v) is 20.9. The third-order valence-electron chi connectivity index (χ3n) is 6.87. The van der Waals surface area contributed by atoms with Crippen LogP contribution in [0.3, 0.4) is 0 Å². The van der Waals surface area contributed by atoms with Crippen LogP contribution in [0.2, 0.25) is 0 Å². The van der Waals surface area contributed by atoms with E-state index in [1.54, 1.807) is 26.4 Å². The van der Waals surface area contributed by atoms with Gasteiger partial charge in [0.15, 0.2) is 18.2 Å². The number of ether oxygens (including phenoxy) is 3. The summed E-state index contributed by atoms with van der Waals surface area (Å²) in [5.41, 5.74) is 3.80. The first-order valence-corrected chi connectivity index (χ1v) is 12.4. The Hall–Kier alpha value is -4.13. The van der Waals surface area contributed by atoms with Crippen molar-refractivity contribution >= 4 is 17.7 Å². The Bertz CT molecular complexity index is 1350. The average Bonchev–Trinajstić information content (AvgIpc) is 3.33. The molecule has 6 nitrogen and oxygen atoms in total. The van der Waals surface area contributed by atoms with E-state index in [4.69, 9.17) is 19.3 Å². The number of carbonyl (C=O) groups is 1. The highest BCUT2D eigenvalue weighted by atomic mass is 19.1. The minimum atomic E-state index is -0.514. The molecule has 0 saturated heterocycles. The number of halogens is 1. The van der Waals surface area contributed by atoms with Gasteiger partial charge in [-0.2, -0.15) is 5.10 Å². The van der Waals surface area contributed by atoms with Crippen molar-refractivity contribution in [1.82, 2.24) is 5.01 Å². The lowest BCUT2D eigenvalue weighted by atomic mass is 9.77. The molecule has 2 aliphatic rings. The second kappa shape index (κ2) is 10.9. The molecule has 1 amide bonds. The van der Waals surface area contributed by atoms with E-state index in [2.05, 4.69) is 6.08 Å². The SMILES string of the molecule is COc1ccccc1/C=C1\CCC[C@@H]2C1=NN(C(=O)COc1ccccc1F)[C@H]2c1ccccc1OC. The minimum absolute atomic E-state index is 0.0107. The molecule has 1 aliphatic heterocycles. The summed E-state index contributed by atoms with van der Waals surface area (Å²) in [7, 11) is 3.28. The average molecular weight is 501 g/mol. The quantitative estimate of drug-likeness (QED) is 0.397. The first-order chi connectivity index (χ1) is 18.1. The van der Waals surface area contributed by atoms with Gasteiger partial charge < -0.3 is 14.2 Å². The van der Waals surface area contributed by atoms with Crippen LogP contribution in [0, 0.1) is 11.7 Å². The van der Waals surface area contributed by atoms with Gasteiger partial charge in [0.1, 0.15) is 11.5 Å². The number of amides is 1. The largest absolute Gasteiger partial charge is 0.496 e. The minimum Gasteiger partial charge on any atom is -0.496 e. The summed E-state index contributed by atoms with van der Waals surface area (Å²) in [6.07, 6.45) is 4.79. The van der Waals surface area contributed by atoms with Crippen LogP contribution in [0.4, 0.5) is 4.39 Å². The Morgan fingerprint density at radius 3 is 2.41 bits per heavy atom. The van der Waals surface area contributed by atoms with Crippen LogP contribution in [-0.2, 0) is 4.79 Å². The first kappa shape index (κ1) is 24.6. The molecule has 1 heterocycles. The fourth-order valence-corrected chi connectivity index (χ4v) is 5.17. The molecule has 0 radical (unpaired) electrons. The van der Waals surface area contributed by atoms with Crippen molar-refractivity contribution in [3.63, 3.8) is 0 Å². The molecule has 3 aromatic rings. The van der Waals surface area contributed by atoms with Gasteiger partial charge in [0.05, 0.1) is 26.0 Å². The molecule has 0 spiro atoms. The second-order valence-corrected chi connectivity index (χ2v) is 9.04. The van der Waals surface area contributed by atoms with Gasteiger partial charge >= 0.3 is 0 Å². The Labute approximate surface area is 216 Å². The lowest BCUT2D eigenvalue weighted by molar-refractivity contribution is -0.135. The number of nitrogens with zero attached hydrogens (tertiary/aromatic N) is 2. The highest BCUT2D eigenvalue weighted by Crippen LogP contribution is 2.46. The highest BCUT2D eigenvalue weighted by molar-refractivity contribution is 6.08. The van der Waals surface area contributed by atoms with E-state index in [1.165, 1.54) is 17.1 Å². The van der Waals surface area contributed by atoms with Gasteiger partial charge in [-0.1, -0.05) is 48.5 Å². The standard InChI is InChI=1S/C30H29FN2O4/c1-35-25-15-6-3-10-20(25)18-21-11-9-13-23-29(21)32-33(30(23)22-12-4-7-16-26(22)36-2)28(34)19-37-27-17-8-5-14-24(27)31/h3-8,10,12,14-18,23,30H,9,11,13,19H2,1-2H3/b21-18+/t23-,30+/m1/s1. The summed E-state index contributed by atoms with van der Waals surface area (Å²) < 4.78 is 30.9. The molecule has 0 unspecified atom stereocenters. The van der Waals surface area contributed by atoms with Gasteiger partial charge in [0.2, 0.25) is 0 Å². The number of hydrogen-bond acceptors (Lipinski definition) is 5. The van der Waals surface area contributed by atoms with Crippen LogP contribution in [-0.4, -0.2) is 37.5 Å². The van der Waals surface area contributed by atoms with Crippen molar-refractivity contribution in [2.45, 2.75) is 25.3 Å². The molecule has 190 valence electrons. The Morgan fingerprint density at radius 1 is 0.973 bits per heavy atom. The fourth-order valence-electron chi connectivity index (χ4n) is 5.17. The summed E-state index contributed by atoms with van der Waals surface area (Å²) >= 11 is 0. The summed E-state index contributed by atoms with van der Waals surface area (Å²) in [4.78, 5) is 13.5. The van der Waals surface area contributed by atoms with Crippen LogP contribution in [0.25, 0.3) is 6.08 Å². The maximum absolute atomic E-state index is 14.1. The molecule has 37 heavy (non-hydrogen) atoms. The Morgan fingerprint density at radius 2 is 1.65 bits per heavy atom. The number of rotatable bonds is 7. The topological polar surface area (TPSA) is 60.4 Å². The van der Waals surface area contributed by atoms with Gasteiger partial charge in [-0.25, -0.2) is 9.40 Å². The number of allylic oxidation sites excluding steroid dienone is 1. The van der Waals surface area contributed by atoms with E-state index in [-0.39, 0.29) is 30.2 Å². The number of benzene rings is 3. The molecule has 1 aliphatic carbocycles. The van der Waals surface area contributed by atoms with E-state index in [0.717, 1.165) is 47.4 Å². The van der Waals surface area contributed by atoms with Crippen LogP contribution in [0.5, 0.6) is 17.2 Å². The van der Waals surface area contributed by atoms with Crippen LogP contribution >= 0.6 is 0 Å². The molecular weight excluding hydrogens is 471 g/mol. The van der Waals surface area contributed by atoms with Gasteiger partial charge in [-0.05, 0) is 55.2 Å². The summed E-state index contributed by atoms with van der Waals surface area (Å²) in [6.45, 7) is -0.332. The zero-order valence-electron chi connectivity index (χ0n) is 20.9. The third kappa shape index (κ3) is 4.94. The van der Waals surface area contributed by atoms with Gasteiger partial charge in [0.25, 0.3) is 5.91 Å².